The summed E-state index contributed by atoms with van der Waals surface area (Å²) < 4.78 is 6.40. The van der Waals surface area contributed by atoms with Crippen molar-refractivity contribution in [3.63, 3.8) is 0 Å². The minimum Gasteiger partial charge on any atom is -0.378 e. The van der Waals surface area contributed by atoms with Crippen molar-refractivity contribution < 1.29 is 9.53 Å². The minimum atomic E-state index is -0.317. The second-order valence-corrected chi connectivity index (χ2v) is 5.59. The van der Waals surface area contributed by atoms with Crippen LogP contribution in [0.1, 0.15) is 0 Å². The van der Waals surface area contributed by atoms with E-state index in [4.69, 9.17) is 16.3 Å². The molecule has 0 bridgehead atoms. The second kappa shape index (κ2) is 6.93. The van der Waals surface area contributed by atoms with Gasteiger partial charge in [-0.3, -0.25) is 9.59 Å². The molecule has 2 heterocycles. The fourth-order valence-corrected chi connectivity index (χ4v) is 2.65. The molecule has 23 heavy (non-hydrogen) atoms. The lowest BCUT2D eigenvalue weighted by Crippen LogP contribution is -2.43. The van der Waals surface area contributed by atoms with Gasteiger partial charge in [-0.05, 0) is 12.1 Å². The van der Waals surface area contributed by atoms with E-state index >= 15 is 0 Å². The number of halogens is 1. The number of rotatable bonds is 3. The van der Waals surface area contributed by atoms with Gasteiger partial charge in [0.15, 0.2) is 0 Å². The summed E-state index contributed by atoms with van der Waals surface area (Å²) in [6, 6.07) is 10.3. The quantitative estimate of drug-likeness (QED) is 0.852. The Hall–Kier alpha value is -2.18. The number of amides is 1. The Labute approximate surface area is 138 Å². The topological polar surface area (TPSA) is 64.4 Å². The van der Waals surface area contributed by atoms with Crippen molar-refractivity contribution in [2.45, 2.75) is 6.54 Å². The lowest BCUT2D eigenvalue weighted by Gasteiger charge is -2.26. The van der Waals surface area contributed by atoms with E-state index in [1.165, 1.54) is 10.7 Å². The monoisotopic (exact) mass is 333 g/mol. The van der Waals surface area contributed by atoms with Crippen molar-refractivity contribution >= 4 is 17.5 Å². The van der Waals surface area contributed by atoms with Crippen LogP contribution in [0.15, 0.2) is 41.2 Å². The Morgan fingerprint density at radius 3 is 2.65 bits per heavy atom. The fourth-order valence-electron chi connectivity index (χ4n) is 2.42. The number of hydrogen-bond acceptors (Lipinski definition) is 4. The molecule has 0 N–H and O–H groups in total. The molecule has 1 saturated heterocycles. The molecule has 3 rings (SSSR count). The number of carbonyl (C=O) groups is 1. The van der Waals surface area contributed by atoms with Gasteiger partial charge in [0, 0.05) is 24.7 Å². The zero-order chi connectivity index (χ0) is 16.2. The van der Waals surface area contributed by atoms with Gasteiger partial charge in [-0.25, -0.2) is 4.68 Å². The maximum Gasteiger partial charge on any atom is 0.267 e. The third-order valence-electron chi connectivity index (χ3n) is 3.67. The molecule has 1 aromatic carbocycles. The van der Waals surface area contributed by atoms with Gasteiger partial charge in [0.25, 0.3) is 5.56 Å². The fraction of sp³-hybridized carbons (Fsp3) is 0.312. The summed E-state index contributed by atoms with van der Waals surface area (Å²) in [5, 5.41) is 4.83. The van der Waals surface area contributed by atoms with Crippen LogP contribution in [0.5, 0.6) is 0 Å². The van der Waals surface area contributed by atoms with Gasteiger partial charge < -0.3 is 9.64 Å². The first-order valence-corrected chi connectivity index (χ1v) is 7.71. The van der Waals surface area contributed by atoms with E-state index < -0.39 is 0 Å². The SMILES string of the molecule is O=C(Cn1nc(-c2ccccc2Cl)ccc1=O)N1CCOCC1. The third-order valence-corrected chi connectivity index (χ3v) is 3.99. The zero-order valence-corrected chi connectivity index (χ0v) is 13.2. The van der Waals surface area contributed by atoms with Gasteiger partial charge in [-0.2, -0.15) is 5.10 Å². The molecular formula is C16H16ClN3O3. The molecule has 2 aromatic rings. The van der Waals surface area contributed by atoms with E-state index in [1.807, 2.05) is 18.2 Å². The molecule has 120 valence electrons. The predicted octanol–water partition coefficient (Wildman–Crippen LogP) is 1.42. The first-order valence-electron chi connectivity index (χ1n) is 7.34. The van der Waals surface area contributed by atoms with E-state index in [2.05, 4.69) is 5.10 Å². The van der Waals surface area contributed by atoms with Crippen molar-refractivity contribution in [3.8, 4) is 11.3 Å². The molecule has 0 saturated carbocycles. The van der Waals surface area contributed by atoms with Gasteiger partial charge in [-0.1, -0.05) is 29.8 Å². The molecule has 6 nitrogen and oxygen atoms in total. The van der Waals surface area contributed by atoms with Crippen molar-refractivity contribution in [3.05, 3.63) is 51.8 Å². The smallest absolute Gasteiger partial charge is 0.267 e. The molecule has 1 aliphatic heterocycles. The molecule has 0 radical (unpaired) electrons. The Bertz CT molecular complexity index is 769. The van der Waals surface area contributed by atoms with E-state index in [1.54, 1.807) is 17.0 Å². The van der Waals surface area contributed by atoms with E-state index in [0.717, 1.165) is 5.56 Å². The maximum atomic E-state index is 12.3. The number of benzene rings is 1. The molecule has 1 aromatic heterocycles. The molecule has 1 fully saturated rings. The maximum absolute atomic E-state index is 12.3. The molecular weight excluding hydrogens is 318 g/mol. The van der Waals surface area contributed by atoms with Crippen molar-refractivity contribution in [1.82, 2.24) is 14.7 Å². The van der Waals surface area contributed by atoms with E-state index in [9.17, 15) is 9.59 Å². The van der Waals surface area contributed by atoms with Gasteiger partial charge in [0.05, 0.1) is 23.9 Å². The predicted molar refractivity (Wildman–Crippen MR) is 86.3 cm³/mol. The normalized spacial score (nSPS) is 14.7. The number of morpholine rings is 1. The average molecular weight is 334 g/mol. The summed E-state index contributed by atoms with van der Waals surface area (Å²) in [7, 11) is 0. The van der Waals surface area contributed by atoms with Gasteiger partial charge in [0.2, 0.25) is 5.91 Å². The van der Waals surface area contributed by atoms with Crippen LogP contribution in [0.2, 0.25) is 5.02 Å². The van der Waals surface area contributed by atoms with Crippen molar-refractivity contribution in [2.24, 2.45) is 0 Å². The van der Waals surface area contributed by atoms with Crippen LogP contribution >= 0.6 is 11.6 Å². The third kappa shape index (κ3) is 3.60. The lowest BCUT2D eigenvalue weighted by molar-refractivity contribution is -0.136. The van der Waals surface area contributed by atoms with E-state index in [0.29, 0.717) is 37.0 Å². The number of hydrogen-bond donors (Lipinski definition) is 0. The minimum absolute atomic E-state index is 0.0862. The largest absolute Gasteiger partial charge is 0.378 e. The molecule has 0 spiro atoms. The summed E-state index contributed by atoms with van der Waals surface area (Å²) >= 11 is 6.16. The molecule has 1 aliphatic rings. The van der Waals surface area contributed by atoms with Gasteiger partial charge in [0.1, 0.15) is 6.54 Å². The molecule has 7 heteroatoms. The van der Waals surface area contributed by atoms with Crippen LogP contribution in [0.25, 0.3) is 11.3 Å². The van der Waals surface area contributed by atoms with E-state index in [-0.39, 0.29) is 18.0 Å². The summed E-state index contributed by atoms with van der Waals surface area (Å²) in [4.78, 5) is 25.9. The number of carbonyl (C=O) groups excluding carboxylic acids is 1. The highest BCUT2D eigenvalue weighted by Crippen LogP contribution is 2.24. The Morgan fingerprint density at radius 2 is 1.91 bits per heavy atom. The lowest BCUT2D eigenvalue weighted by atomic mass is 10.1. The summed E-state index contributed by atoms with van der Waals surface area (Å²) in [6.07, 6.45) is 0. The summed E-state index contributed by atoms with van der Waals surface area (Å²) in [6.45, 7) is 2.04. The first-order chi connectivity index (χ1) is 11.1. The van der Waals surface area contributed by atoms with Crippen LogP contribution < -0.4 is 5.56 Å². The van der Waals surface area contributed by atoms with Crippen LogP contribution in [0, 0.1) is 0 Å². The number of nitrogens with zero attached hydrogens (tertiary/aromatic N) is 3. The number of ether oxygens (including phenoxy) is 1. The van der Waals surface area contributed by atoms with Gasteiger partial charge >= 0.3 is 0 Å². The Morgan fingerprint density at radius 1 is 1.17 bits per heavy atom. The Kier molecular flexibility index (Phi) is 4.73. The highest BCUT2D eigenvalue weighted by Gasteiger charge is 2.18. The van der Waals surface area contributed by atoms with Crippen molar-refractivity contribution in [2.75, 3.05) is 26.3 Å². The Balaban J connectivity index is 1.85. The van der Waals surface area contributed by atoms with Crippen LogP contribution in [0.4, 0.5) is 0 Å². The first kappa shape index (κ1) is 15.7. The zero-order valence-electron chi connectivity index (χ0n) is 12.4. The second-order valence-electron chi connectivity index (χ2n) is 5.19. The van der Waals surface area contributed by atoms with Crippen LogP contribution in [0.3, 0.4) is 0 Å². The summed E-state index contributed by atoms with van der Waals surface area (Å²) in [5.74, 6) is -0.140. The molecule has 0 unspecified atom stereocenters. The molecule has 0 atom stereocenters. The number of aromatic nitrogens is 2. The standard InChI is InChI=1S/C16H16ClN3O3/c17-13-4-2-1-3-12(13)14-5-6-15(21)20(18-14)11-16(22)19-7-9-23-10-8-19/h1-6H,7-11H2. The van der Waals surface area contributed by atoms with Crippen molar-refractivity contribution in [1.29, 1.82) is 0 Å². The molecule has 0 aliphatic carbocycles. The van der Waals surface area contributed by atoms with Crippen LogP contribution in [-0.4, -0.2) is 46.9 Å². The highest BCUT2D eigenvalue weighted by molar-refractivity contribution is 6.33. The van der Waals surface area contributed by atoms with Crippen LogP contribution in [-0.2, 0) is 16.1 Å². The highest BCUT2D eigenvalue weighted by atomic mass is 35.5. The average Bonchev–Trinajstić information content (AvgIpc) is 2.58. The van der Waals surface area contributed by atoms with Gasteiger partial charge in [-0.15, -0.1) is 0 Å². The summed E-state index contributed by atoms with van der Waals surface area (Å²) in [5.41, 5.74) is 0.967. The molecule has 1 amide bonds.